The zero-order valence-corrected chi connectivity index (χ0v) is 13.3. The lowest BCUT2D eigenvalue weighted by Gasteiger charge is -2.05. The molecule has 0 aliphatic carbocycles. The summed E-state index contributed by atoms with van der Waals surface area (Å²) in [5, 5.41) is 13.5. The number of phenols is 1. The van der Waals surface area contributed by atoms with E-state index in [2.05, 4.69) is 5.16 Å². The lowest BCUT2D eigenvalue weighted by atomic mass is 10.1. The van der Waals surface area contributed by atoms with Crippen molar-refractivity contribution in [2.45, 2.75) is 13.3 Å². The Bertz CT molecular complexity index is 701. The second-order valence-corrected chi connectivity index (χ2v) is 5.25. The zero-order chi connectivity index (χ0) is 16.7. The Morgan fingerprint density at radius 3 is 2.65 bits per heavy atom. The van der Waals surface area contributed by atoms with Crippen LogP contribution in [0.4, 0.5) is 0 Å². The van der Waals surface area contributed by atoms with Crippen LogP contribution in [0.2, 0.25) is 5.02 Å². The number of hydrogen-bond acceptors (Lipinski definition) is 5. The van der Waals surface area contributed by atoms with Gasteiger partial charge in [-0.25, -0.2) is 4.79 Å². The molecule has 23 heavy (non-hydrogen) atoms. The van der Waals surface area contributed by atoms with E-state index in [0.29, 0.717) is 22.9 Å². The molecule has 1 N–H and O–H groups in total. The van der Waals surface area contributed by atoms with Crippen molar-refractivity contribution in [2.75, 3.05) is 6.61 Å². The number of carbonyl (C=O) groups excluding carboxylic acids is 1. The lowest BCUT2D eigenvalue weighted by molar-refractivity contribution is -0.146. The van der Waals surface area contributed by atoms with E-state index >= 15 is 0 Å². The number of oxime groups is 1. The number of nitrogens with zero attached hydrogens (tertiary/aromatic N) is 1. The van der Waals surface area contributed by atoms with Gasteiger partial charge in [0.1, 0.15) is 11.5 Å². The molecule has 0 amide bonds. The van der Waals surface area contributed by atoms with Crippen molar-refractivity contribution in [3.05, 3.63) is 59.1 Å². The second-order valence-electron chi connectivity index (χ2n) is 4.84. The molecule has 0 saturated carbocycles. The third kappa shape index (κ3) is 5.64. The maximum atomic E-state index is 11.6. The number of benzene rings is 2. The topological polar surface area (TPSA) is 68.1 Å². The van der Waals surface area contributed by atoms with E-state index in [0.717, 1.165) is 5.56 Å². The van der Waals surface area contributed by atoms with Crippen molar-refractivity contribution < 1.29 is 19.5 Å². The highest BCUT2D eigenvalue weighted by Crippen LogP contribution is 2.22. The number of hydrogen-bond donors (Lipinski definition) is 1. The predicted molar refractivity (Wildman–Crippen MR) is 88.0 cm³/mol. The van der Waals surface area contributed by atoms with Gasteiger partial charge >= 0.3 is 5.97 Å². The molecule has 2 aromatic carbocycles. The van der Waals surface area contributed by atoms with E-state index in [-0.39, 0.29) is 12.4 Å². The van der Waals surface area contributed by atoms with Crippen molar-refractivity contribution in [1.29, 1.82) is 0 Å². The predicted octanol–water partition coefficient (Wildman–Crippen LogP) is 3.59. The number of para-hydroxylation sites is 1. The molecule has 0 spiro atoms. The summed E-state index contributed by atoms with van der Waals surface area (Å²) in [4.78, 5) is 16.4. The molecular formula is C17H16ClNO4. The van der Waals surface area contributed by atoms with E-state index in [1.54, 1.807) is 25.1 Å². The molecule has 0 saturated heterocycles. The van der Waals surface area contributed by atoms with Crippen molar-refractivity contribution in [1.82, 2.24) is 0 Å². The number of aromatic hydroxyl groups is 1. The van der Waals surface area contributed by atoms with Gasteiger partial charge in [0.25, 0.3) is 0 Å². The summed E-state index contributed by atoms with van der Waals surface area (Å²) in [7, 11) is 0. The second kappa shape index (κ2) is 8.19. The first-order chi connectivity index (χ1) is 11.0. The average Bonchev–Trinajstić information content (AvgIpc) is 2.54. The Morgan fingerprint density at radius 2 is 1.96 bits per heavy atom. The van der Waals surface area contributed by atoms with E-state index in [1.807, 2.05) is 18.2 Å². The molecule has 0 aliphatic heterocycles. The van der Waals surface area contributed by atoms with Crippen LogP contribution >= 0.6 is 11.6 Å². The summed E-state index contributed by atoms with van der Waals surface area (Å²) in [5.41, 5.74) is 1.35. The molecule has 0 unspecified atom stereocenters. The standard InChI is InChI=1S/C17H16ClNO4/c1-12(9-13-7-8-14(20)10-16(13)18)19-23-17(21)11-22-15-5-3-2-4-6-15/h2-8,10,20H,9,11H2,1H3/b19-12+. The number of halogens is 1. The Hall–Kier alpha value is -2.53. The van der Waals surface area contributed by atoms with Crippen molar-refractivity contribution in [3.8, 4) is 11.5 Å². The Kier molecular flexibility index (Phi) is 6.00. The highest BCUT2D eigenvalue weighted by Gasteiger charge is 2.07. The van der Waals surface area contributed by atoms with Gasteiger partial charge in [-0.3, -0.25) is 0 Å². The van der Waals surface area contributed by atoms with Gasteiger partial charge in [0.05, 0.1) is 5.71 Å². The van der Waals surface area contributed by atoms with Crippen LogP contribution in [0, 0.1) is 0 Å². The fraction of sp³-hybridized carbons (Fsp3) is 0.176. The number of phenolic OH excluding ortho intramolecular Hbond substituents is 1. The quantitative estimate of drug-likeness (QED) is 0.498. The molecule has 0 atom stereocenters. The smallest absolute Gasteiger partial charge is 0.372 e. The van der Waals surface area contributed by atoms with Crippen LogP contribution in [-0.2, 0) is 16.1 Å². The van der Waals surface area contributed by atoms with E-state index in [9.17, 15) is 9.90 Å². The molecule has 2 aromatic rings. The average molecular weight is 334 g/mol. The van der Waals surface area contributed by atoms with Crippen LogP contribution in [0.1, 0.15) is 12.5 Å². The summed E-state index contributed by atoms with van der Waals surface area (Å²) in [6.45, 7) is 1.50. The van der Waals surface area contributed by atoms with Gasteiger partial charge in [-0.15, -0.1) is 0 Å². The Balaban J connectivity index is 1.83. The van der Waals surface area contributed by atoms with Gasteiger partial charge in [-0.2, -0.15) is 0 Å². The van der Waals surface area contributed by atoms with Gasteiger partial charge < -0.3 is 14.7 Å². The van der Waals surface area contributed by atoms with E-state index in [1.165, 1.54) is 12.1 Å². The first kappa shape index (κ1) is 16.8. The molecule has 0 heterocycles. The fourth-order valence-corrected chi connectivity index (χ4v) is 2.04. The molecule has 0 radical (unpaired) electrons. The molecule has 0 fully saturated rings. The Labute approximate surface area is 139 Å². The molecule has 6 heteroatoms. The molecule has 2 rings (SSSR count). The first-order valence-corrected chi connectivity index (χ1v) is 7.31. The minimum atomic E-state index is -0.593. The van der Waals surface area contributed by atoms with Crippen molar-refractivity contribution >= 4 is 23.3 Å². The zero-order valence-electron chi connectivity index (χ0n) is 12.5. The van der Waals surface area contributed by atoms with Gasteiger partial charge in [0.2, 0.25) is 0 Å². The first-order valence-electron chi connectivity index (χ1n) is 6.93. The maximum absolute atomic E-state index is 11.6. The molecule has 0 bridgehead atoms. The lowest BCUT2D eigenvalue weighted by Crippen LogP contribution is -2.13. The van der Waals surface area contributed by atoms with Crippen LogP contribution < -0.4 is 4.74 Å². The molecule has 0 aliphatic rings. The van der Waals surface area contributed by atoms with Gasteiger partial charge in [-0.1, -0.05) is 41.0 Å². The SMILES string of the molecule is C/C(Cc1ccc(O)cc1Cl)=N\OC(=O)COc1ccccc1. The van der Waals surface area contributed by atoms with Crippen LogP contribution in [-0.4, -0.2) is 23.4 Å². The summed E-state index contributed by atoms with van der Waals surface area (Å²) in [6, 6.07) is 13.6. The normalized spacial score (nSPS) is 11.1. The molecule has 120 valence electrons. The van der Waals surface area contributed by atoms with Gasteiger partial charge in [0, 0.05) is 11.4 Å². The summed E-state index contributed by atoms with van der Waals surface area (Å²) in [5.74, 6) is 0.0869. The summed E-state index contributed by atoms with van der Waals surface area (Å²) >= 11 is 6.01. The van der Waals surface area contributed by atoms with Crippen LogP contribution in [0.25, 0.3) is 0 Å². The maximum Gasteiger partial charge on any atom is 0.372 e. The van der Waals surface area contributed by atoms with Crippen LogP contribution in [0.3, 0.4) is 0 Å². The fourth-order valence-electron chi connectivity index (χ4n) is 1.80. The number of rotatable bonds is 6. The Morgan fingerprint density at radius 1 is 1.22 bits per heavy atom. The van der Waals surface area contributed by atoms with Crippen LogP contribution in [0.15, 0.2) is 53.7 Å². The minimum absolute atomic E-state index is 0.0952. The molecule has 5 nitrogen and oxygen atoms in total. The van der Waals surface area contributed by atoms with E-state index < -0.39 is 5.97 Å². The summed E-state index contributed by atoms with van der Waals surface area (Å²) in [6.07, 6.45) is 0.409. The van der Waals surface area contributed by atoms with Gasteiger partial charge in [-0.05, 0) is 36.8 Å². The third-order valence-electron chi connectivity index (χ3n) is 2.89. The highest BCUT2D eigenvalue weighted by atomic mass is 35.5. The summed E-state index contributed by atoms with van der Waals surface area (Å²) < 4.78 is 5.26. The largest absolute Gasteiger partial charge is 0.508 e. The monoisotopic (exact) mass is 333 g/mol. The number of carbonyl (C=O) groups is 1. The van der Waals surface area contributed by atoms with Gasteiger partial charge in [0.15, 0.2) is 6.61 Å². The minimum Gasteiger partial charge on any atom is -0.508 e. The third-order valence-corrected chi connectivity index (χ3v) is 3.24. The van der Waals surface area contributed by atoms with E-state index in [4.69, 9.17) is 21.2 Å². The molecular weight excluding hydrogens is 318 g/mol. The van der Waals surface area contributed by atoms with Crippen molar-refractivity contribution in [2.24, 2.45) is 5.16 Å². The van der Waals surface area contributed by atoms with Crippen molar-refractivity contribution in [3.63, 3.8) is 0 Å². The number of ether oxygens (including phenoxy) is 1. The van der Waals surface area contributed by atoms with Crippen LogP contribution in [0.5, 0.6) is 11.5 Å². The molecule has 0 aromatic heterocycles. The highest BCUT2D eigenvalue weighted by molar-refractivity contribution is 6.31.